The predicted molar refractivity (Wildman–Crippen MR) is 173 cm³/mol. The Hall–Kier alpha value is -4.97. The van der Waals surface area contributed by atoms with Crippen molar-refractivity contribution in [2.45, 2.75) is 32.4 Å². The molecule has 1 saturated heterocycles. The van der Waals surface area contributed by atoms with E-state index in [4.69, 9.17) is 15.7 Å². The molecule has 1 aliphatic heterocycles. The molecule has 0 spiro atoms. The summed E-state index contributed by atoms with van der Waals surface area (Å²) >= 11 is 6.29. The second-order valence-corrected chi connectivity index (χ2v) is 12.0. The minimum atomic E-state index is -2.79. The first-order valence-electron chi connectivity index (χ1n) is 16.1. The molecule has 2 unspecified atom stereocenters. The van der Waals surface area contributed by atoms with Crippen LogP contribution in [0.2, 0.25) is 5.15 Å². The van der Waals surface area contributed by atoms with E-state index in [0.29, 0.717) is 52.5 Å². The van der Waals surface area contributed by atoms with E-state index >= 15 is 0 Å². The second kappa shape index (κ2) is 10.9. The van der Waals surface area contributed by atoms with Crippen LogP contribution in [0.1, 0.15) is 51.2 Å². The van der Waals surface area contributed by atoms with Crippen LogP contribution in [-0.2, 0) is 21.1 Å². The normalized spacial score (nSPS) is 17.0. The zero-order chi connectivity index (χ0) is 34.1. The van der Waals surface area contributed by atoms with Crippen LogP contribution in [0.3, 0.4) is 0 Å². The van der Waals surface area contributed by atoms with Crippen molar-refractivity contribution in [3.05, 3.63) is 87.4 Å². The molecule has 6 heterocycles. The number of carbonyl (C=O) groups excluding carboxylic acids is 1. The highest BCUT2D eigenvalue weighted by atomic mass is 35.5. The number of aryl methyl sites for hydroxylation is 4. The van der Waals surface area contributed by atoms with Gasteiger partial charge in [0.15, 0.2) is 0 Å². The van der Waals surface area contributed by atoms with Gasteiger partial charge in [0.2, 0.25) is 0 Å². The van der Waals surface area contributed by atoms with Crippen LogP contribution in [0.25, 0.3) is 33.1 Å². The summed E-state index contributed by atoms with van der Waals surface area (Å²) in [5.41, 5.74) is 3.70. The number of fused-ring (bicyclic) bond motifs is 3. The van der Waals surface area contributed by atoms with Crippen LogP contribution < -0.4 is 10.9 Å². The fourth-order valence-corrected chi connectivity index (χ4v) is 6.51. The molecule has 1 fully saturated rings. The molecule has 0 saturated carbocycles. The van der Waals surface area contributed by atoms with Crippen LogP contribution in [-0.4, -0.2) is 62.8 Å². The van der Waals surface area contributed by atoms with Crippen molar-refractivity contribution in [1.29, 1.82) is 0 Å². The lowest BCUT2D eigenvalue weighted by atomic mass is 9.95. The lowest BCUT2D eigenvalue weighted by Crippen LogP contribution is -2.31. The number of hydrogen-bond acceptors (Lipinski definition) is 7. The molecule has 230 valence electrons. The number of likely N-dealkylation sites (tertiary alicyclic amines) is 1. The van der Waals surface area contributed by atoms with Crippen molar-refractivity contribution in [3.63, 3.8) is 0 Å². The molecule has 5 aromatic heterocycles. The van der Waals surface area contributed by atoms with Gasteiger partial charge < -0.3 is 10.2 Å². The van der Waals surface area contributed by atoms with Gasteiger partial charge in [-0.3, -0.25) is 23.5 Å². The van der Waals surface area contributed by atoms with Crippen LogP contribution in [0.5, 0.6) is 0 Å². The number of pyridine rings is 2. The smallest absolute Gasteiger partial charge is 0.272 e. The minimum Gasteiger partial charge on any atom is -0.377 e. The maximum absolute atomic E-state index is 14.2. The number of hydrogen-bond donors (Lipinski definition) is 1. The second-order valence-electron chi connectivity index (χ2n) is 11.6. The largest absolute Gasteiger partial charge is 0.377 e. The third-order valence-corrected chi connectivity index (χ3v) is 8.72. The Morgan fingerprint density at radius 3 is 2.71 bits per heavy atom. The maximum atomic E-state index is 14.2. The number of aromatic nitrogens is 8. The summed E-state index contributed by atoms with van der Waals surface area (Å²) in [4.78, 5) is 33.7. The van der Waals surface area contributed by atoms with Gasteiger partial charge in [-0.15, -0.1) is 0 Å². The van der Waals surface area contributed by atoms with Crippen molar-refractivity contribution in [1.82, 2.24) is 43.8 Å². The van der Waals surface area contributed by atoms with E-state index in [9.17, 15) is 9.59 Å². The van der Waals surface area contributed by atoms with E-state index in [1.165, 1.54) is 4.68 Å². The lowest BCUT2D eigenvalue weighted by Gasteiger charge is -2.21. The summed E-state index contributed by atoms with van der Waals surface area (Å²) in [6, 6.07) is 8.21. The summed E-state index contributed by atoms with van der Waals surface area (Å²) in [5, 5.41) is 18.4. The third kappa shape index (κ3) is 4.85. The number of benzene rings is 1. The number of rotatable bonds is 6. The van der Waals surface area contributed by atoms with Gasteiger partial charge in [0.1, 0.15) is 16.5 Å². The van der Waals surface area contributed by atoms with Gasteiger partial charge in [0.25, 0.3) is 11.5 Å². The van der Waals surface area contributed by atoms with Gasteiger partial charge in [-0.2, -0.15) is 15.3 Å². The SMILES string of the molecule is [2H]C([2H])([2H])n1c(=O)c2cc(C)cc(C(C)Nc3ccc(Cl)nc3-c3cnn(C)c3)c2c2cnn(C3CCN(C(=O)c4ccnn4C)C3)c21. The standard InChI is InChI=1S/C32H33ClN10O2/c1-18-12-22(19(2)37-25-6-7-27(33)38-29(25)20-14-35-39(3)16-20)28-23(13-18)31(44)40(4)30-24(28)15-36-43(30)21-9-11-42(17-21)32(45)26-8-10-34-41(26)5/h6-8,10,12-16,19,21,37H,9,11,17H2,1-5H3/i4D3. The lowest BCUT2D eigenvalue weighted by molar-refractivity contribution is 0.0776. The number of amides is 1. The molecule has 0 aliphatic carbocycles. The first-order valence-corrected chi connectivity index (χ1v) is 15.0. The van der Waals surface area contributed by atoms with Crippen molar-refractivity contribution in [2.75, 3.05) is 18.4 Å². The molecule has 13 heteroatoms. The van der Waals surface area contributed by atoms with Gasteiger partial charge in [-0.25, -0.2) is 9.67 Å². The summed E-state index contributed by atoms with van der Waals surface area (Å²) in [5.74, 6) is -0.173. The van der Waals surface area contributed by atoms with Crippen molar-refractivity contribution >= 4 is 45.0 Å². The molecule has 6 aromatic rings. The Balaban J connectivity index is 1.36. The molecule has 12 nitrogen and oxygen atoms in total. The minimum absolute atomic E-state index is 0.173. The highest BCUT2D eigenvalue weighted by molar-refractivity contribution is 6.29. The summed E-state index contributed by atoms with van der Waals surface area (Å²) in [6.45, 7) is 1.81. The molecule has 45 heavy (non-hydrogen) atoms. The molecule has 1 aromatic carbocycles. The quantitative estimate of drug-likeness (QED) is 0.267. The number of carbonyl (C=O) groups is 1. The highest BCUT2D eigenvalue weighted by Gasteiger charge is 2.32. The molecule has 0 radical (unpaired) electrons. The highest BCUT2D eigenvalue weighted by Crippen LogP contribution is 2.36. The molecular weight excluding hydrogens is 592 g/mol. The number of nitrogens with one attached hydrogen (secondary N) is 1. The Labute approximate surface area is 268 Å². The van der Waals surface area contributed by atoms with Gasteiger partial charge in [-0.05, 0) is 55.7 Å². The predicted octanol–water partition coefficient (Wildman–Crippen LogP) is 4.64. The van der Waals surface area contributed by atoms with Crippen LogP contribution in [0, 0.1) is 6.92 Å². The first-order chi connectivity index (χ1) is 22.8. The molecule has 2 atom stereocenters. The monoisotopic (exact) mass is 627 g/mol. The van der Waals surface area contributed by atoms with E-state index in [1.54, 1.807) is 58.1 Å². The fraction of sp³-hybridized carbons (Fsp3) is 0.312. The van der Waals surface area contributed by atoms with Crippen molar-refractivity contribution in [3.8, 4) is 11.3 Å². The molecule has 1 aliphatic rings. The molecule has 0 bridgehead atoms. The zero-order valence-corrected chi connectivity index (χ0v) is 25.9. The molecule has 1 N–H and O–H groups in total. The Morgan fingerprint density at radius 1 is 1.13 bits per heavy atom. The topological polar surface area (TPSA) is 121 Å². The number of halogens is 1. The number of nitrogens with zero attached hydrogens (tertiary/aromatic N) is 9. The summed E-state index contributed by atoms with van der Waals surface area (Å²) < 4.78 is 30.9. The Morgan fingerprint density at radius 2 is 1.98 bits per heavy atom. The average molecular weight is 628 g/mol. The van der Waals surface area contributed by atoms with Crippen molar-refractivity contribution < 1.29 is 8.91 Å². The molecule has 7 rings (SSSR count). The van der Waals surface area contributed by atoms with Crippen LogP contribution in [0.4, 0.5) is 5.69 Å². The van der Waals surface area contributed by atoms with Crippen LogP contribution in [0.15, 0.2) is 59.9 Å². The van der Waals surface area contributed by atoms with Gasteiger partial charge in [0, 0.05) is 78.4 Å². The zero-order valence-electron chi connectivity index (χ0n) is 28.2. The van der Waals surface area contributed by atoms with E-state index < -0.39 is 12.5 Å². The van der Waals surface area contributed by atoms with Gasteiger partial charge in [0.05, 0.1) is 29.8 Å². The van der Waals surface area contributed by atoms with E-state index in [2.05, 4.69) is 25.6 Å². The van der Waals surface area contributed by atoms with Gasteiger partial charge >= 0.3 is 0 Å². The Kier molecular flexibility index (Phi) is 6.13. The van der Waals surface area contributed by atoms with Crippen molar-refractivity contribution in [2.24, 2.45) is 21.1 Å². The van der Waals surface area contributed by atoms with Crippen LogP contribution >= 0.6 is 11.6 Å². The molecular formula is C32H33ClN10O2. The summed E-state index contributed by atoms with van der Waals surface area (Å²) in [6.07, 6.45) is 7.29. The maximum Gasteiger partial charge on any atom is 0.272 e. The average Bonchev–Trinajstić information content (AvgIpc) is 3.84. The van der Waals surface area contributed by atoms with E-state index in [0.717, 1.165) is 21.3 Å². The molecule has 1 amide bonds. The first kappa shape index (κ1) is 25.4. The van der Waals surface area contributed by atoms with E-state index in [1.807, 2.05) is 39.2 Å². The summed E-state index contributed by atoms with van der Waals surface area (Å²) in [7, 11) is 3.53. The Bertz CT molecular complexity index is 2290. The fourth-order valence-electron chi connectivity index (χ4n) is 6.36. The third-order valence-electron chi connectivity index (χ3n) is 8.51. The van der Waals surface area contributed by atoms with E-state index in [-0.39, 0.29) is 29.0 Å². The number of anilines is 1. The van der Waals surface area contributed by atoms with Gasteiger partial charge in [-0.1, -0.05) is 17.7 Å².